The van der Waals surface area contributed by atoms with E-state index in [1.165, 1.54) is 0 Å². The quantitative estimate of drug-likeness (QED) is 0.808. The molecule has 2 aromatic rings. The molecule has 124 valence electrons. The van der Waals surface area contributed by atoms with Crippen LogP contribution in [0.5, 0.6) is 0 Å². The number of benzene rings is 2. The van der Waals surface area contributed by atoms with Crippen LogP contribution in [-0.2, 0) is 4.79 Å². The number of hydrogen-bond acceptors (Lipinski definition) is 3. The molecule has 5 heteroatoms. The van der Waals surface area contributed by atoms with Crippen molar-refractivity contribution in [3.8, 4) is 0 Å². The first-order valence-corrected chi connectivity index (χ1v) is 8.21. The summed E-state index contributed by atoms with van der Waals surface area (Å²) in [6.45, 7) is 2.56. The van der Waals surface area contributed by atoms with Crippen molar-refractivity contribution in [1.82, 2.24) is 5.32 Å². The third kappa shape index (κ3) is 3.40. The number of nitrogens with one attached hydrogen (secondary N) is 3. The Morgan fingerprint density at radius 3 is 2.71 bits per heavy atom. The van der Waals surface area contributed by atoms with E-state index in [4.69, 9.17) is 0 Å². The standard InChI is InChI=1S/C19H21N3O2/c1-2-15(13-7-4-3-5-8-13)22-19(24)14-9-6-10-16-18(14)20-12-11-17(23)21-16/h3-10,15,20H,2,11-12H2,1H3,(H,21,23)(H,22,24)/t15-/m1/s1. The number of para-hydroxylation sites is 1. The molecule has 0 fully saturated rings. The van der Waals surface area contributed by atoms with E-state index in [9.17, 15) is 9.59 Å². The van der Waals surface area contributed by atoms with Gasteiger partial charge in [0, 0.05) is 13.0 Å². The van der Waals surface area contributed by atoms with Crippen molar-refractivity contribution in [3.63, 3.8) is 0 Å². The maximum Gasteiger partial charge on any atom is 0.253 e. The second kappa shape index (κ2) is 7.17. The molecule has 1 aliphatic rings. The van der Waals surface area contributed by atoms with E-state index in [0.29, 0.717) is 29.9 Å². The summed E-state index contributed by atoms with van der Waals surface area (Å²) in [4.78, 5) is 24.5. The molecule has 1 atom stereocenters. The Morgan fingerprint density at radius 2 is 1.96 bits per heavy atom. The summed E-state index contributed by atoms with van der Waals surface area (Å²) in [5.41, 5.74) is 2.96. The number of carbonyl (C=O) groups excluding carboxylic acids is 2. The summed E-state index contributed by atoms with van der Waals surface area (Å²) in [5.74, 6) is -0.194. The van der Waals surface area contributed by atoms with Gasteiger partial charge in [0.05, 0.1) is 23.0 Å². The average molecular weight is 323 g/mol. The van der Waals surface area contributed by atoms with Crippen LogP contribution in [0.2, 0.25) is 0 Å². The van der Waals surface area contributed by atoms with Crippen molar-refractivity contribution in [3.05, 3.63) is 59.7 Å². The zero-order valence-corrected chi connectivity index (χ0v) is 13.6. The Hall–Kier alpha value is -2.82. The Kier molecular flexibility index (Phi) is 4.79. The van der Waals surface area contributed by atoms with E-state index in [-0.39, 0.29) is 17.9 Å². The third-order valence-electron chi connectivity index (χ3n) is 4.15. The molecule has 0 saturated heterocycles. The molecule has 1 heterocycles. The molecular formula is C19H21N3O2. The van der Waals surface area contributed by atoms with E-state index < -0.39 is 0 Å². The highest BCUT2D eigenvalue weighted by atomic mass is 16.2. The lowest BCUT2D eigenvalue weighted by molar-refractivity contribution is -0.115. The van der Waals surface area contributed by atoms with E-state index in [1.54, 1.807) is 18.2 Å². The van der Waals surface area contributed by atoms with E-state index >= 15 is 0 Å². The van der Waals surface area contributed by atoms with Crippen molar-refractivity contribution in [2.45, 2.75) is 25.8 Å². The zero-order valence-electron chi connectivity index (χ0n) is 13.6. The fourth-order valence-electron chi connectivity index (χ4n) is 2.89. The first kappa shape index (κ1) is 16.1. The second-order valence-corrected chi connectivity index (χ2v) is 5.80. The van der Waals surface area contributed by atoms with Gasteiger partial charge in [-0.25, -0.2) is 0 Å². The van der Waals surface area contributed by atoms with Crippen LogP contribution in [0, 0.1) is 0 Å². The van der Waals surface area contributed by atoms with Gasteiger partial charge in [0.2, 0.25) is 5.91 Å². The third-order valence-corrected chi connectivity index (χ3v) is 4.15. The monoisotopic (exact) mass is 323 g/mol. The molecular weight excluding hydrogens is 302 g/mol. The summed E-state index contributed by atoms with van der Waals surface area (Å²) in [6.07, 6.45) is 1.19. The van der Waals surface area contributed by atoms with Gasteiger partial charge in [-0.15, -0.1) is 0 Å². The minimum Gasteiger partial charge on any atom is -0.382 e. The molecule has 1 aliphatic heterocycles. The van der Waals surface area contributed by atoms with Gasteiger partial charge >= 0.3 is 0 Å². The van der Waals surface area contributed by atoms with Crippen LogP contribution in [-0.4, -0.2) is 18.4 Å². The molecule has 0 saturated carbocycles. The highest BCUT2D eigenvalue weighted by molar-refractivity contribution is 6.06. The van der Waals surface area contributed by atoms with Gasteiger partial charge in [0.15, 0.2) is 0 Å². The molecule has 3 rings (SSSR count). The van der Waals surface area contributed by atoms with Crippen LogP contribution >= 0.6 is 0 Å². The number of hydrogen-bond donors (Lipinski definition) is 3. The van der Waals surface area contributed by atoms with Gasteiger partial charge < -0.3 is 16.0 Å². The largest absolute Gasteiger partial charge is 0.382 e. The molecule has 5 nitrogen and oxygen atoms in total. The van der Waals surface area contributed by atoms with Crippen molar-refractivity contribution < 1.29 is 9.59 Å². The molecule has 0 radical (unpaired) electrons. The molecule has 0 spiro atoms. The number of anilines is 2. The van der Waals surface area contributed by atoms with Crippen LogP contribution in [0.3, 0.4) is 0 Å². The van der Waals surface area contributed by atoms with Gasteiger partial charge in [0.1, 0.15) is 0 Å². The lowest BCUT2D eigenvalue weighted by Crippen LogP contribution is -2.29. The molecule has 2 amide bonds. The highest BCUT2D eigenvalue weighted by Gasteiger charge is 2.21. The van der Waals surface area contributed by atoms with E-state index in [2.05, 4.69) is 16.0 Å². The van der Waals surface area contributed by atoms with Crippen molar-refractivity contribution >= 4 is 23.2 Å². The summed E-state index contributed by atoms with van der Waals surface area (Å²) in [7, 11) is 0. The number of amides is 2. The fraction of sp³-hybridized carbons (Fsp3) is 0.263. The van der Waals surface area contributed by atoms with Crippen molar-refractivity contribution in [2.24, 2.45) is 0 Å². The molecule has 0 aliphatic carbocycles. The SMILES string of the molecule is CC[C@@H](NC(=O)c1cccc2c1NCCC(=O)N2)c1ccccc1. The second-order valence-electron chi connectivity index (χ2n) is 5.80. The Bertz CT molecular complexity index is 744. The first-order chi connectivity index (χ1) is 11.7. The minimum absolute atomic E-state index is 0.0464. The molecule has 2 aromatic carbocycles. The van der Waals surface area contributed by atoms with Gasteiger partial charge in [-0.3, -0.25) is 9.59 Å². The van der Waals surface area contributed by atoms with Crippen LogP contribution < -0.4 is 16.0 Å². The minimum atomic E-state index is -0.147. The van der Waals surface area contributed by atoms with Crippen molar-refractivity contribution in [1.29, 1.82) is 0 Å². The van der Waals surface area contributed by atoms with Gasteiger partial charge in [-0.1, -0.05) is 43.3 Å². The van der Waals surface area contributed by atoms with Crippen LogP contribution in [0.1, 0.15) is 41.7 Å². The topological polar surface area (TPSA) is 70.2 Å². The lowest BCUT2D eigenvalue weighted by Gasteiger charge is -2.19. The first-order valence-electron chi connectivity index (χ1n) is 8.21. The maximum atomic E-state index is 12.8. The van der Waals surface area contributed by atoms with Crippen LogP contribution in [0.4, 0.5) is 11.4 Å². The smallest absolute Gasteiger partial charge is 0.253 e. The normalized spacial score (nSPS) is 14.6. The molecule has 0 unspecified atom stereocenters. The number of rotatable bonds is 4. The summed E-state index contributed by atoms with van der Waals surface area (Å²) in [6, 6.07) is 15.2. The van der Waals surface area contributed by atoms with Crippen LogP contribution in [0.25, 0.3) is 0 Å². The van der Waals surface area contributed by atoms with Crippen LogP contribution in [0.15, 0.2) is 48.5 Å². The molecule has 24 heavy (non-hydrogen) atoms. The molecule has 3 N–H and O–H groups in total. The van der Waals surface area contributed by atoms with Gasteiger partial charge in [-0.05, 0) is 24.1 Å². The van der Waals surface area contributed by atoms with Gasteiger partial charge in [-0.2, -0.15) is 0 Å². The summed E-state index contributed by atoms with van der Waals surface area (Å²) < 4.78 is 0. The lowest BCUT2D eigenvalue weighted by atomic mass is 10.0. The Balaban J connectivity index is 1.85. The highest BCUT2D eigenvalue weighted by Crippen LogP contribution is 2.29. The predicted octanol–water partition coefficient (Wildman–Crippen LogP) is 3.32. The van der Waals surface area contributed by atoms with Gasteiger partial charge in [0.25, 0.3) is 5.91 Å². The Morgan fingerprint density at radius 1 is 1.17 bits per heavy atom. The zero-order chi connectivity index (χ0) is 16.9. The number of carbonyl (C=O) groups is 2. The maximum absolute atomic E-state index is 12.8. The number of fused-ring (bicyclic) bond motifs is 1. The fourth-order valence-corrected chi connectivity index (χ4v) is 2.89. The summed E-state index contributed by atoms with van der Waals surface area (Å²) >= 11 is 0. The molecule has 0 bridgehead atoms. The van der Waals surface area contributed by atoms with Crippen molar-refractivity contribution in [2.75, 3.05) is 17.2 Å². The van der Waals surface area contributed by atoms with E-state index in [0.717, 1.165) is 12.0 Å². The average Bonchev–Trinajstić information content (AvgIpc) is 2.80. The predicted molar refractivity (Wildman–Crippen MR) is 95.1 cm³/mol. The Labute approximate surface area is 141 Å². The van der Waals surface area contributed by atoms with E-state index in [1.807, 2.05) is 37.3 Å². The molecule has 0 aromatic heterocycles. The summed E-state index contributed by atoms with van der Waals surface area (Å²) in [5, 5.41) is 9.12.